The number of carbonyl (C=O) groups excluding carboxylic acids is 4. The first-order chi connectivity index (χ1) is 53.4. The minimum Gasteiger partial charge on any atom is -0.337 e. The largest absolute Gasteiger partial charge is 0.416 e. The van der Waals surface area contributed by atoms with Crippen LogP contribution in [0.25, 0.3) is 0 Å². The van der Waals surface area contributed by atoms with Crippen LogP contribution < -0.4 is 0 Å². The van der Waals surface area contributed by atoms with Gasteiger partial charge in [-0.3, -0.25) is 39.6 Å². The summed E-state index contributed by atoms with van der Waals surface area (Å²) in [6.07, 6.45) is 0.105. The molecule has 4 aromatic carbocycles. The van der Waals surface area contributed by atoms with Crippen LogP contribution in [0, 0.1) is 23.3 Å². The number of nitrogens with zero attached hydrogens (tertiary/aromatic N) is 8. The highest BCUT2D eigenvalue weighted by atomic mass is 19.4. The first-order valence-electron chi connectivity index (χ1n) is 38.3. The van der Waals surface area contributed by atoms with Crippen LogP contribution in [-0.2, 0) is 76.1 Å². The summed E-state index contributed by atoms with van der Waals surface area (Å²) >= 11 is 0. The number of nitrogens with one attached hydrogen (secondary N) is 4. The van der Waals surface area contributed by atoms with Crippen molar-refractivity contribution in [3.8, 4) is 0 Å². The van der Waals surface area contributed by atoms with E-state index in [0.29, 0.717) is 124 Å². The molecule has 0 unspecified atom stereocenters. The van der Waals surface area contributed by atoms with Crippen molar-refractivity contribution in [3.63, 3.8) is 0 Å². The van der Waals surface area contributed by atoms with Gasteiger partial charge in [-0.2, -0.15) is 73.1 Å². The number of likely N-dealkylation sites (tertiary alicyclic amines) is 4. The second kappa shape index (κ2) is 33.7. The molecule has 0 bridgehead atoms. The Hall–Kier alpha value is -9.52. The maximum atomic E-state index is 14.2. The average molecular weight is 1580 g/mol. The Kier molecular flexibility index (Phi) is 24.2. The van der Waals surface area contributed by atoms with E-state index in [4.69, 9.17) is 0 Å². The van der Waals surface area contributed by atoms with Crippen molar-refractivity contribution in [2.75, 3.05) is 52.4 Å². The highest BCUT2D eigenvalue weighted by Crippen LogP contribution is 2.44. The molecule has 4 fully saturated rings. The first kappa shape index (κ1) is 80.5. The van der Waals surface area contributed by atoms with E-state index in [1.54, 1.807) is 19.6 Å². The maximum Gasteiger partial charge on any atom is 0.416 e. The zero-order chi connectivity index (χ0) is 79.6. The molecule has 112 heavy (non-hydrogen) atoms. The Bertz CT molecular complexity index is 4400. The van der Waals surface area contributed by atoms with Crippen LogP contribution in [0.5, 0.6) is 0 Å². The van der Waals surface area contributed by atoms with Crippen LogP contribution in [0.15, 0.2) is 72.8 Å². The minimum atomic E-state index is -4.60. The third-order valence-electron chi connectivity index (χ3n) is 23.1. The van der Waals surface area contributed by atoms with Gasteiger partial charge in [-0.05, 0) is 250 Å². The van der Waals surface area contributed by atoms with E-state index >= 15 is 0 Å². The number of carbonyl (C=O) groups is 4. The van der Waals surface area contributed by atoms with E-state index < -0.39 is 82.1 Å². The van der Waals surface area contributed by atoms with Gasteiger partial charge in [-0.25, -0.2) is 17.6 Å². The standard InChI is InChI=1S/4C20H21F4N3O/c2*21-15-6-3-5-14(20(22,23)24)17(15)12-8-10-27(11-9-12)19(28)18-13-4-1-2-7-16(13)25-26-18;2*21-15-10-13(9-14(11-15)20(22,23)24)12-5-7-27(8-6-12)19(28)18-16-3-1-2-4-17(16)25-26-18/h2*3,5-6,12H,1-2,4,7-11H2,(H,25,26);2*9-12H,1-8H2,(H,25,26). The number of halogens is 16. The summed E-state index contributed by atoms with van der Waals surface area (Å²) in [6, 6.07) is 11.6. The SMILES string of the molecule is O=C(c1n[nH]c2c1CCCC2)N1CCC(c2c(F)cccc2C(F)(F)F)CC1.O=C(c1n[nH]c2c1CCCC2)N1CCC(c2c(F)cccc2C(F)(F)F)CC1.O=C(c1n[nH]c2c1CCCC2)N1CCC(c2cc(F)cc(C(F)(F)F)c2)CC1.O=C(c1n[nH]c2c1CCCC2)N1CCC(c2cc(F)cc(C(F)(F)F)c2)CC1. The van der Waals surface area contributed by atoms with Gasteiger partial charge in [0.1, 0.15) is 23.3 Å². The van der Waals surface area contributed by atoms with E-state index in [1.165, 1.54) is 12.1 Å². The second-order valence-electron chi connectivity index (χ2n) is 30.2. The number of H-pyrrole nitrogens is 4. The molecule has 600 valence electrons. The van der Waals surface area contributed by atoms with Gasteiger partial charge in [0.15, 0.2) is 22.8 Å². The monoisotopic (exact) mass is 1580 g/mol. The summed E-state index contributed by atoms with van der Waals surface area (Å²) in [4.78, 5) is 58.1. The fourth-order valence-electron chi connectivity index (χ4n) is 17.2. The molecule has 4 aliphatic heterocycles. The van der Waals surface area contributed by atoms with E-state index in [9.17, 15) is 89.4 Å². The smallest absolute Gasteiger partial charge is 0.337 e. The van der Waals surface area contributed by atoms with Crippen LogP contribution in [0.4, 0.5) is 70.2 Å². The van der Waals surface area contributed by atoms with Gasteiger partial charge in [0, 0.05) is 109 Å². The Morgan fingerprint density at radius 3 is 0.821 bits per heavy atom. The molecule has 4 aliphatic carbocycles. The number of alkyl halides is 12. The molecule has 32 heteroatoms. The number of piperidine rings is 4. The Balaban J connectivity index is 0.000000131. The number of aryl methyl sites for hydroxylation is 4. The lowest BCUT2D eigenvalue weighted by Gasteiger charge is -2.33. The molecule has 4 N–H and O–H groups in total. The number of benzene rings is 4. The summed E-state index contributed by atoms with van der Waals surface area (Å²) in [5, 5.41) is 28.6. The van der Waals surface area contributed by atoms with Crippen LogP contribution in [0.1, 0.15) is 258 Å². The molecule has 0 radical (unpaired) electrons. The Labute approximate surface area is 634 Å². The van der Waals surface area contributed by atoms with Gasteiger partial charge in [0.25, 0.3) is 23.6 Å². The number of rotatable bonds is 8. The topological polar surface area (TPSA) is 196 Å². The molecule has 0 spiro atoms. The van der Waals surface area contributed by atoms with Gasteiger partial charge < -0.3 is 19.6 Å². The van der Waals surface area contributed by atoms with Crippen LogP contribution in [0.2, 0.25) is 0 Å². The molecule has 8 aliphatic rings. The van der Waals surface area contributed by atoms with Gasteiger partial charge in [-0.1, -0.05) is 12.1 Å². The predicted octanol–water partition coefficient (Wildman–Crippen LogP) is 17.9. The van der Waals surface area contributed by atoms with Crippen molar-refractivity contribution < 1.29 is 89.4 Å². The molecule has 0 saturated carbocycles. The molecule has 4 amide bonds. The zero-order valence-corrected chi connectivity index (χ0v) is 61.1. The van der Waals surface area contributed by atoms with Crippen molar-refractivity contribution >= 4 is 23.6 Å². The lowest BCUT2D eigenvalue weighted by molar-refractivity contribution is -0.139. The van der Waals surface area contributed by atoms with E-state index in [1.807, 2.05) is 0 Å². The zero-order valence-electron chi connectivity index (χ0n) is 61.1. The highest BCUT2D eigenvalue weighted by molar-refractivity contribution is 5.96. The molecule has 8 aromatic rings. The van der Waals surface area contributed by atoms with E-state index in [2.05, 4.69) is 40.8 Å². The quantitative estimate of drug-likeness (QED) is 0.108. The van der Waals surface area contributed by atoms with Crippen molar-refractivity contribution in [2.45, 2.75) is 202 Å². The summed E-state index contributed by atoms with van der Waals surface area (Å²) in [5.41, 5.74) is 6.15. The number of hydrogen-bond donors (Lipinski definition) is 4. The molecule has 4 saturated heterocycles. The summed E-state index contributed by atoms with van der Waals surface area (Å²) < 4.78 is 213. The molecule has 16 nitrogen and oxygen atoms in total. The lowest BCUT2D eigenvalue weighted by atomic mass is 9.85. The summed E-state index contributed by atoms with van der Waals surface area (Å²) in [7, 11) is 0. The van der Waals surface area contributed by atoms with Gasteiger partial charge in [0.05, 0.1) is 22.3 Å². The van der Waals surface area contributed by atoms with Gasteiger partial charge in [0.2, 0.25) is 0 Å². The van der Waals surface area contributed by atoms with E-state index in [0.717, 1.165) is 196 Å². The Morgan fingerprint density at radius 2 is 0.571 bits per heavy atom. The average Bonchev–Trinajstić information content (AvgIpc) is 1.79. The summed E-state index contributed by atoms with van der Waals surface area (Å²) in [6.45, 7) is 2.83. The number of hydrogen-bond acceptors (Lipinski definition) is 8. The normalized spacial score (nSPS) is 18.2. The number of fused-ring (bicyclic) bond motifs is 4. The van der Waals surface area contributed by atoms with Gasteiger partial charge >= 0.3 is 24.7 Å². The van der Waals surface area contributed by atoms with Crippen molar-refractivity contribution in [1.29, 1.82) is 0 Å². The number of amides is 4. The third-order valence-corrected chi connectivity index (χ3v) is 23.1. The van der Waals surface area contributed by atoms with Crippen molar-refractivity contribution in [1.82, 2.24) is 60.4 Å². The molecule has 0 atom stereocenters. The van der Waals surface area contributed by atoms with Crippen LogP contribution in [-0.4, -0.2) is 136 Å². The molecular formula is C80H84F16N12O4. The fraction of sp³-hybridized carbons (Fsp3) is 0.500. The van der Waals surface area contributed by atoms with E-state index in [-0.39, 0.29) is 72.8 Å². The van der Waals surface area contributed by atoms with Crippen molar-refractivity contribution in [3.05, 3.63) is 208 Å². The predicted molar refractivity (Wildman–Crippen MR) is 378 cm³/mol. The maximum absolute atomic E-state index is 14.2. The number of aromatic nitrogens is 8. The van der Waals surface area contributed by atoms with Crippen LogP contribution in [0.3, 0.4) is 0 Å². The Morgan fingerprint density at radius 1 is 0.321 bits per heavy atom. The molecular weight excluding hydrogens is 1500 g/mol. The first-order valence-corrected chi connectivity index (χ1v) is 38.3. The third kappa shape index (κ3) is 18.1. The van der Waals surface area contributed by atoms with Crippen LogP contribution >= 0.6 is 0 Å². The number of aromatic amines is 4. The fourth-order valence-corrected chi connectivity index (χ4v) is 17.2. The minimum absolute atomic E-state index is 0.131. The second-order valence-corrected chi connectivity index (χ2v) is 30.2. The van der Waals surface area contributed by atoms with Crippen molar-refractivity contribution in [2.24, 2.45) is 0 Å². The molecule has 4 aromatic heterocycles. The van der Waals surface area contributed by atoms with Gasteiger partial charge in [-0.15, -0.1) is 0 Å². The highest BCUT2D eigenvalue weighted by Gasteiger charge is 2.43. The molecule has 8 heterocycles. The summed E-state index contributed by atoms with van der Waals surface area (Å²) in [5.74, 6) is -5.60. The molecule has 16 rings (SSSR count). The lowest BCUT2D eigenvalue weighted by Crippen LogP contribution is -2.39.